The highest BCUT2D eigenvalue weighted by molar-refractivity contribution is 5.50. The molecule has 0 spiro atoms. The van der Waals surface area contributed by atoms with E-state index in [1.165, 1.54) is 22.3 Å². The van der Waals surface area contributed by atoms with Crippen molar-refractivity contribution >= 4 is 0 Å². The molecule has 0 amide bonds. The maximum absolute atomic E-state index is 5.43. The molecular formula is C18H23NO2. The third kappa shape index (κ3) is 3.19. The molecule has 1 atom stereocenters. The van der Waals surface area contributed by atoms with Gasteiger partial charge < -0.3 is 14.8 Å². The van der Waals surface area contributed by atoms with Gasteiger partial charge in [-0.2, -0.15) is 0 Å². The molecule has 2 aromatic rings. The van der Waals surface area contributed by atoms with Crippen molar-refractivity contribution in [2.45, 2.75) is 19.9 Å². The summed E-state index contributed by atoms with van der Waals surface area (Å²) in [6.07, 6.45) is 0. The molecule has 0 aliphatic rings. The summed E-state index contributed by atoms with van der Waals surface area (Å²) >= 11 is 0. The van der Waals surface area contributed by atoms with Gasteiger partial charge in [-0.05, 0) is 49.7 Å². The summed E-state index contributed by atoms with van der Waals surface area (Å²) < 4.78 is 10.8. The van der Waals surface area contributed by atoms with Gasteiger partial charge in [-0.3, -0.25) is 0 Å². The van der Waals surface area contributed by atoms with Crippen LogP contribution < -0.4 is 14.8 Å². The van der Waals surface area contributed by atoms with Crippen molar-refractivity contribution in [3.63, 3.8) is 0 Å². The van der Waals surface area contributed by atoms with Crippen molar-refractivity contribution in [2.24, 2.45) is 0 Å². The van der Waals surface area contributed by atoms with Crippen LogP contribution >= 0.6 is 0 Å². The molecule has 0 bridgehead atoms. The highest BCUT2D eigenvalue weighted by Crippen LogP contribution is 2.34. The Balaban J connectivity index is 2.49. The lowest BCUT2D eigenvalue weighted by Gasteiger charge is -2.21. The van der Waals surface area contributed by atoms with Gasteiger partial charge in [0.15, 0.2) is 11.5 Å². The van der Waals surface area contributed by atoms with Crippen molar-refractivity contribution in [3.05, 3.63) is 58.7 Å². The first kappa shape index (κ1) is 15.4. The van der Waals surface area contributed by atoms with Gasteiger partial charge >= 0.3 is 0 Å². The lowest BCUT2D eigenvalue weighted by atomic mass is 9.94. The van der Waals surface area contributed by atoms with Crippen molar-refractivity contribution in [3.8, 4) is 11.5 Å². The summed E-state index contributed by atoms with van der Waals surface area (Å²) in [6.45, 7) is 4.19. The number of hydrogen-bond acceptors (Lipinski definition) is 3. The Kier molecular flexibility index (Phi) is 4.86. The summed E-state index contributed by atoms with van der Waals surface area (Å²) in [7, 11) is 5.30. The summed E-state index contributed by atoms with van der Waals surface area (Å²) in [5, 5.41) is 3.39. The van der Waals surface area contributed by atoms with Gasteiger partial charge in [0.1, 0.15) is 0 Å². The molecule has 0 saturated heterocycles. The van der Waals surface area contributed by atoms with Gasteiger partial charge in [0.05, 0.1) is 20.3 Å². The Bertz CT molecular complexity index is 605. The molecule has 21 heavy (non-hydrogen) atoms. The van der Waals surface area contributed by atoms with Gasteiger partial charge in [-0.15, -0.1) is 0 Å². The van der Waals surface area contributed by atoms with E-state index >= 15 is 0 Å². The fourth-order valence-electron chi connectivity index (χ4n) is 2.57. The minimum atomic E-state index is 0.130. The fraction of sp³-hybridized carbons (Fsp3) is 0.333. The second-order valence-corrected chi connectivity index (χ2v) is 5.20. The average molecular weight is 285 g/mol. The smallest absolute Gasteiger partial charge is 0.161 e. The summed E-state index contributed by atoms with van der Waals surface area (Å²) in [5.74, 6) is 1.52. The standard InChI is InChI=1S/C18H23NO2/c1-12-6-8-14(9-7-12)18(19-3)15-11-17(21-5)16(20-4)10-13(15)2/h6-11,18-19H,1-5H3. The minimum Gasteiger partial charge on any atom is -0.493 e. The van der Waals surface area contributed by atoms with Crippen LogP contribution in [-0.4, -0.2) is 21.3 Å². The molecule has 1 N–H and O–H groups in total. The number of aryl methyl sites for hydroxylation is 2. The topological polar surface area (TPSA) is 30.5 Å². The highest BCUT2D eigenvalue weighted by Gasteiger charge is 2.17. The Hall–Kier alpha value is -2.00. The molecule has 112 valence electrons. The Morgan fingerprint density at radius 2 is 1.48 bits per heavy atom. The molecule has 0 fully saturated rings. The van der Waals surface area contributed by atoms with Crippen LogP contribution in [0, 0.1) is 13.8 Å². The van der Waals surface area contributed by atoms with Gasteiger partial charge in [-0.25, -0.2) is 0 Å². The number of hydrogen-bond donors (Lipinski definition) is 1. The predicted molar refractivity (Wildman–Crippen MR) is 86.4 cm³/mol. The fourth-order valence-corrected chi connectivity index (χ4v) is 2.57. The maximum Gasteiger partial charge on any atom is 0.161 e. The Morgan fingerprint density at radius 1 is 0.905 bits per heavy atom. The summed E-state index contributed by atoms with van der Waals surface area (Å²) in [4.78, 5) is 0. The van der Waals surface area contributed by atoms with E-state index < -0.39 is 0 Å². The molecule has 0 radical (unpaired) electrons. The third-order valence-corrected chi connectivity index (χ3v) is 3.78. The monoisotopic (exact) mass is 285 g/mol. The number of nitrogens with one attached hydrogen (secondary N) is 1. The van der Waals surface area contributed by atoms with E-state index in [0.29, 0.717) is 0 Å². The molecule has 3 nitrogen and oxygen atoms in total. The number of ether oxygens (including phenoxy) is 2. The molecule has 1 unspecified atom stereocenters. The van der Waals surface area contributed by atoms with Crippen LogP contribution in [0.4, 0.5) is 0 Å². The Labute approximate surface area is 126 Å². The average Bonchev–Trinajstić information content (AvgIpc) is 2.50. The Morgan fingerprint density at radius 3 is 2.00 bits per heavy atom. The minimum absolute atomic E-state index is 0.130. The summed E-state index contributed by atoms with van der Waals surface area (Å²) in [6, 6.07) is 12.8. The number of benzene rings is 2. The molecular weight excluding hydrogens is 262 g/mol. The van der Waals surface area contributed by atoms with Crippen LogP contribution in [0.3, 0.4) is 0 Å². The van der Waals surface area contributed by atoms with Crippen molar-refractivity contribution in [2.75, 3.05) is 21.3 Å². The molecule has 0 heterocycles. The number of rotatable bonds is 5. The molecule has 0 aromatic heterocycles. The quantitative estimate of drug-likeness (QED) is 0.910. The van der Waals surface area contributed by atoms with E-state index in [4.69, 9.17) is 9.47 Å². The molecule has 2 aromatic carbocycles. The highest BCUT2D eigenvalue weighted by atomic mass is 16.5. The molecule has 3 heteroatoms. The van der Waals surface area contributed by atoms with E-state index in [0.717, 1.165) is 11.5 Å². The molecule has 0 aliphatic carbocycles. The molecule has 2 rings (SSSR count). The van der Waals surface area contributed by atoms with Gasteiger partial charge in [-0.1, -0.05) is 29.8 Å². The van der Waals surface area contributed by atoms with E-state index in [9.17, 15) is 0 Å². The van der Waals surface area contributed by atoms with Crippen LogP contribution in [0.1, 0.15) is 28.3 Å². The normalized spacial score (nSPS) is 12.0. The maximum atomic E-state index is 5.43. The zero-order valence-electron chi connectivity index (χ0n) is 13.4. The van der Waals surface area contributed by atoms with E-state index in [-0.39, 0.29) is 6.04 Å². The van der Waals surface area contributed by atoms with Crippen LogP contribution in [0.15, 0.2) is 36.4 Å². The first-order chi connectivity index (χ1) is 10.1. The van der Waals surface area contributed by atoms with Crippen molar-refractivity contribution in [1.82, 2.24) is 5.32 Å². The van der Waals surface area contributed by atoms with Crippen LogP contribution in [-0.2, 0) is 0 Å². The van der Waals surface area contributed by atoms with Gasteiger partial charge in [0.2, 0.25) is 0 Å². The van der Waals surface area contributed by atoms with Crippen LogP contribution in [0.5, 0.6) is 11.5 Å². The molecule has 0 aliphatic heterocycles. The van der Waals surface area contributed by atoms with E-state index in [2.05, 4.69) is 49.5 Å². The lowest BCUT2D eigenvalue weighted by Crippen LogP contribution is -2.19. The summed E-state index contributed by atoms with van der Waals surface area (Å²) in [5.41, 5.74) is 4.86. The SMILES string of the molecule is CNC(c1ccc(C)cc1)c1cc(OC)c(OC)cc1C. The van der Waals surface area contributed by atoms with E-state index in [1.807, 2.05) is 13.1 Å². The number of methoxy groups -OCH3 is 2. The molecule has 0 saturated carbocycles. The first-order valence-electron chi connectivity index (χ1n) is 7.07. The van der Waals surface area contributed by atoms with Crippen LogP contribution in [0.25, 0.3) is 0 Å². The second kappa shape index (κ2) is 6.64. The zero-order valence-corrected chi connectivity index (χ0v) is 13.4. The van der Waals surface area contributed by atoms with Crippen LogP contribution in [0.2, 0.25) is 0 Å². The van der Waals surface area contributed by atoms with Gasteiger partial charge in [0, 0.05) is 0 Å². The zero-order chi connectivity index (χ0) is 15.4. The largest absolute Gasteiger partial charge is 0.493 e. The third-order valence-electron chi connectivity index (χ3n) is 3.78. The first-order valence-corrected chi connectivity index (χ1v) is 7.07. The second-order valence-electron chi connectivity index (χ2n) is 5.20. The van der Waals surface area contributed by atoms with Gasteiger partial charge in [0.25, 0.3) is 0 Å². The lowest BCUT2D eigenvalue weighted by molar-refractivity contribution is 0.354. The van der Waals surface area contributed by atoms with Crippen molar-refractivity contribution < 1.29 is 9.47 Å². The van der Waals surface area contributed by atoms with E-state index in [1.54, 1.807) is 14.2 Å². The van der Waals surface area contributed by atoms with Crippen molar-refractivity contribution in [1.29, 1.82) is 0 Å². The predicted octanol–water partition coefficient (Wildman–Crippen LogP) is 3.63.